The minimum atomic E-state index is 0.633. The Hall–Kier alpha value is -2.73. The second-order valence-electron chi connectivity index (χ2n) is 7.12. The molecule has 0 spiro atoms. The normalized spacial score (nSPS) is 14.6. The second kappa shape index (κ2) is 8.96. The van der Waals surface area contributed by atoms with Crippen molar-refractivity contribution < 1.29 is 0 Å². The van der Waals surface area contributed by atoms with Crippen LogP contribution < -0.4 is 4.90 Å². The summed E-state index contributed by atoms with van der Waals surface area (Å²) >= 11 is 11.7. The first kappa shape index (κ1) is 20.5. The third kappa shape index (κ3) is 4.24. The average molecular weight is 440 g/mol. The zero-order valence-electron chi connectivity index (χ0n) is 16.7. The fourth-order valence-corrected chi connectivity index (χ4v) is 4.04. The van der Waals surface area contributed by atoms with Crippen LogP contribution in [0.25, 0.3) is 11.4 Å². The van der Waals surface area contributed by atoms with E-state index in [1.165, 1.54) is 0 Å². The summed E-state index contributed by atoms with van der Waals surface area (Å²) in [6, 6.07) is 13.4. The summed E-state index contributed by atoms with van der Waals surface area (Å²) < 4.78 is 4.66. The average Bonchev–Trinajstić information content (AvgIpc) is 3.10. The van der Waals surface area contributed by atoms with Gasteiger partial charge in [0.15, 0.2) is 10.6 Å². The lowest BCUT2D eigenvalue weighted by molar-refractivity contribution is 0.194. The van der Waals surface area contributed by atoms with Crippen molar-refractivity contribution in [1.29, 1.82) is 5.26 Å². The van der Waals surface area contributed by atoms with Crippen molar-refractivity contribution in [3.63, 3.8) is 0 Å². The monoisotopic (exact) mass is 439 g/mol. The summed E-state index contributed by atoms with van der Waals surface area (Å²) in [4.78, 5) is 8.95. The first-order valence-corrected chi connectivity index (χ1v) is 10.6. The van der Waals surface area contributed by atoms with E-state index < -0.39 is 0 Å². The molecule has 1 saturated heterocycles. The van der Waals surface area contributed by atoms with Crippen molar-refractivity contribution in [2.45, 2.75) is 20.1 Å². The molecule has 1 aliphatic heterocycles. The molecule has 30 heavy (non-hydrogen) atoms. The van der Waals surface area contributed by atoms with E-state index in [-0.39, 0.29) is 0 Å². The summed E-state index contributed by atoms with van der Waals surface area (Å²) in [6.45, 7) is 6.90. The first-order valence-electron chi connectivity index (χ1n) is 9.86. The van der Waals surface area contributed by atoms with Crippen molar-refractivity contribution in [2.75, 3.05) is 31.1 Å². The zero-order valence-corrected chi connectivity index (χ0v) is 18.3. The largest absolute Gasteiger partial charge is 0.354 e. The molecule has 1 aromatic carbocycles. The van der Waals surface area contributed by atoms with E-state index in [4.69, 9.17) is 34.2 Å². The lowest BCUT2D eigenvalue weighted by Gasteiger charge is -2.35. The van der Waals surface area contributed by atoms with Crippen LogP contribution in [0.3, 0.4) is 0 Å². The minimum absolute atomic E-state index is 0.633. The molecule has 0 saturated carbocycles. The second-order valence-corrected chi connectivity index (χ2v) is 7.92. The number of rotatable bonds is 5. The lowest BCUT2D eigenvalue weighted by Crippen LogP contribution is -2.47. The Bertz CT molecular complexity index is 1120. The maximum atomic E-state index is 9.10. The number of anilines is 1. The van der Waals surface area contributed by atoms with E-state index in [9.17, 15) is 0 Å². The maximum absolute atomic E-state index is 9.10. The van der Waals surface area contributed by atoms with E-state index in [0.717, 1.165) is 49.9 Å². The molecular formula is C21H22ClN7S. The highest BCUT2D eigenvalue weighted by molar-refractivity contribution is 7.71. The molecule has 4 rings (SSSR count). The van der Waals surface area contributed by atoms with Crippen LogP contribution in [0.15, 0.2) is 42.6 Å². The van der Waals surface area contributed by atoms with Gasteiger partial charge in [0.25, 0.3) is 0 Å². The predicted octanol–water partition coefficient (Wildman–Crippen LogP) is 3.80. The number of benzene rings is 1. The van der Waals surface area contributed by atoms with Crippen molar-refractivity contribution in [3.05, 3.63) is 58.0 Å². The molecule has 2 aromatic heterocycles. The molecule has 0 atom stereocenters. The van der Waals surface area contributed by atoms with E-state index in [0.29, 0.717) is 22.0 Å². The van der Waals surface area contributed by atoms with Gasteiger partial charge in [-0.3, -0.25) is 4.90 Å². The molecule has 3 heterocycles. The van der Waals surface area contributed by atoms with Crippen LogP contribution in [-0.4, -0.2) is 50.4 Å². The van der Waals surface area contributed by atoms with Crippen LogP contribution in [0.1, 0.15) is 12.5 Å². The van der Waals surface area contributed by atoms with E-state index in [1.54, 1.807) is 12.3 Å². The van der Waals surface area contributed by atoms with Gasteiger partial charge in [0.05, 0.1) is 18.3 Å². The van der Waals surface area contributed by atoms with Crippen molar-refractivity contribution in [2.24, 2.45) is 0 Å². The SMILES string of the molecule is CCn1c(-c2ccc(Cl)cc2)nn(CN2CCN(c3cc(C#N)ccn3)CC2)c1=S. The van der Waals surface area contributed by atoms with Crippen LogP contribution >= 0.6 is 23.8 Å². The van der Waals surface area contributed by atoms with Crippen LogP contribution in [-0.2, 0) is 13.2 Å². The quantitative estimate of drug-likeness (QED) is 0.563. The Morgan fingerprint density at radius 3 is 2.53 bits per heavy atom. The summed E-state index contributed by atoms with van der Waals surface area (Å²) in [7, 11) is 0. The first-order chi connectivity index (χ1) is 14.6. The fraction of sp³-hybridized carbons (Fsp3) is 0.333. The number of hydrogen-bond acceptors (Lipinski definition) is 6. The Balaban J connectivity index is 1.47. The Kier molecular flexibility index (Phi) is 6.13. The van der Waals surface area contributed by atoms with Crippen molar-refractivity contribution in [1.82, 2.24) is 24.2 Å². The van der Waals surface area contributed by atoms with Crippen molar-refractivity contribution in [3.8, 4) is 17.5 Å². The topological polar surface area (TPSA) is 65.9 Å². The van der Waals surface area contributed by atoms with Gasteiger partial charge >= 0.3 is 0 Å². The molecule has 7 nitrogen and oxygen atoms in total. The van der Waals surface area contributed by atoms with Gasteiger partial charge in [-0.25, -0.2) is 9.67 Å². The third-order valence-corrected chi connectivity index (χ3v) is 5.93. The highest BCUT2D eigenvalue weighted by Crippen LogP contribution is 2.21. The van der Waals surface area contributed by atoms with Gasteiger partial charge in [0, 0.05) is 49.5 Å². The summed E-state index contributed by atoms with van der Waals surface area (Å²) in [5, 5.41) is 14.6. The molecule has 9 heteroatoms. The van der Waals surface area contributed by atoms with Gasteiger partial charge in [0.2, 0.25) is 0 Å². The van der Waals surface area contributed by atoms with Gasteiger partial charge in [-0.05, 0) is 55.5 Å². The number of nitriles is 1. The molecule has 0 radical (unpaired) electrons. The molecule has 1 aliphatic rings. The molecule has 0 unspecified atom stereocenters. The maximum Gasteiger partial charge on any atom is 0.199 e. The molecular weight excluding hydrogens is 418 g/mol. The lowest BCUT2D eigenvalue weighted by atomic mass is 10.2. The summed E-state index contributed by atoms with van der Waals surface area (Å²) in [5.41, 5.74) is 1.63. The van der Waals surface area contributed by atoms with Crippen LogP contribution in [0.5, 0.6) is 0 Å². The molecule has 0 bridgehead atoms. The Labute approximate surface area is 185 Å². The van der Waals surface area contributed by atoms with Gasteiger partial charge in [-0.1, -0.05) is 11.6 Å². The van der Waals surface area contributed by atoms with Crippen molar-refractivity contribution >= 4 is 29.6 Å². The summed E-state index contributed by atoms with van der Waals surface area (Å²) in [6.07, 6.45) is 1.69. The molecule has 0 aliphatic carbocycles. The zero-order chi connectivity index (χ0) is 21.1. The van der Waals surface area contributed by atoms with E-state index in [2.05, 4.69) is 27.8 Å². The predicted molar refractivity (Wildman–Crippen MR) is 120 cm³/mol. The van der Waals surface area contributed by atoms with Gasteiger partial charge in [-0.2, -0.15) is 10.4 Å². The Morgan fingerprint density at radius 2 is 1.87 bits per heavy atom. The van der Waals surface area contributed by atoms with E-state index >= 15 is 0 Å². The van der Waals surface area contributed by atoms with Crippen LogP contribution in [0, 0.1) is 16.1 Å². The highest BCUT2D eigenvalue weighted by Gasteiger charge is 2.20. The highest BCUT2D eigenvalue weighted by atomic mass is 35.5. The van der Waals surface area contributed by atoms with Gasteiger partial charge in [0.1, 0.15) is 5.82 Å². The minimum Gasteiger partial charge on any atom is -0.354 e. The molecule has 3 aromatic rings. The number of aromatic nitrogens is 4. The third-order valence-electron chi connectivity index (χ3n) is 5.25. The number of piperazine rings is 1. The number of nitrogens with zero attached hydrogens (tertiary/aromatic N) is 7. The summed E-state index contributed by atoms with van der Waals surface area (Å²) in [5.74, 6) is 1.71. The number of halogens is 1. The standard InChI is InChI=1S/C21H22ClN7S/c1-2-28-20(17-3-5-18(22)6-4-17)25-29(21(28)30)15-26-9-11-27(12-10-26)19-13-16(14-23)7-8-24-19/h3-8,13H,2,9-12,15H2,1H3. The molecule has 0 N–H and O–H groups in total. The molecule has 0 amide bonds. The van der Waals surface area contributed by atoms with E-state index in [1.807, 2.05) is 39.6 Å². The molecule has 154 valence electrons. The van der Waals surface area contributed by atoms with Crippen LogP contribution in [0.4, 0.5) is 5.82 Å². The van der Waals surface area contributed by atoms with Crippen LogP contribution in [0.2, 0.25) is 5.02 Å². The smallest absolute Gasteiger partial charge is 0.199 e. The van der Waals surface area contributed by atoms with Gasteiger partial charge < -0.3 is 9.47 Å². The number of hydrogen-bond donors (Lipinski definition) is 0. The van der Waals surface area contributed by atoms with Gasteiger partial charge in [-0.15, -0.1) is 0 Å². The number of pyridine rings is 1. The Morgan fingerprint density at radius 1 is 1.13 bits per heavy atom. The molecule has 1 fully saturated rings. The fourth-order valence-electron chi connectivity index (χ4n) is 3.60.